The molecule has 0 aliphatic heterocycles. The van der Waals surface area contributed by atoms with E-state index in [1.807, 2.05) is 105 Å². The van der Waals surface area contributed by atoms with Crippen LogP contribution in [0.3, 0.4) is 0 Å². The lowest BCUT2D eigenvalue weighted by atomic mass is 10.0. The second kappa shape index (κ2) is 14.1. The maximum atomic E-state index is 13.5. The second-order valence-electron chi connectivity index (χ2n) is 10.6. The van der Waals surface area contributed by atoms with Gasteiger partial charge in [0.1, 0.15) is 23.2 Å². The van der Waals surface area contributed by atoms with Crippen LogP contribution in [-0.4, -0.2) is 18.1 Å². The molecule has 10 heteroatoms. The average Bonchev–Trinajstić information content (AvgIpc) is 2.95. The van der Waals surface area contributed by atoms with Gasteiger partial charge < -0.3 is 22.3 Å². The molecule has 228 valence electrons. The minimum atomic E-state index is -5.05. The van der Waals surface area contributed by atoms with Gasteiger partial charge in [0, 0.05) is 5.56 Å². The number of nitrogens with one attached hydrogen (secondary N) is 1. The van der Waals surface area contributed by atoms with Crippen molar-refractivity contribution in [2.45, 2.75) is 38.7 Å². The predicted octanol–water partition coefficient (Wildman–Crippen LogP) is 4.87. The zero-order chi connectivity index (χ0) is 30.5. The summed E-state index contributed by atoms with van der Waals surface area (Å²) in [5.41, 5.74) is -3.74. The lowest BCUT2D eigenvalue weighted by molar-refractivity contribution is -0.143. The van der Waals surface area contributed by atoms with Gasteiger partial charge in [-0.1, -0.05) is 68.4 Å². The smallest absolute Gasteiger partial charge is 0.416 e. The third-order valence-electron chi connectivity index (χ3n) is 7.03. The van der Waals surface area contributed by atoms with Crippen molar-refractivity contribution < 1.29 is 48.1 Å². The molecule has 0 bridgehead atoms. The fourth-order valence-corrected chi connectivity index (χ4v) is 9.72. The highest BCUT2D eigenvalue weighted by Gasteiger charge is 2.47. The summed E-state index contributed by atoms with van der Waals surface area (Å²) >= 11 is 0. The number of carbonyl (C=O) groups is 1. The van der Waals surface area contributed by atoms with Gasteiger partial charge in [0.25, 0.3) is 5.91 Å². The normalized spacial score (nSPS) is 12.9. The largest absolute Gasteiger partial charge is 1.00 e. The van der Waals surface area contributed by atoms with Crippen LogP contribution in [0.4, 0.5) is 26.3 Å². The van der Waals surface area contributed by atoms with Crippen LogP contribution in [-0.2, 0) is 12.4 Å². The van der Waals surface area contributed by atoms with E-state index in [0.29, 0.717) is 24.7 Å². The van der Waals surface area contributed by atoms with Crippen molar-refractivity contribution in [3.63, 3.8) is 0 Å². The summed E-state index contributed by atoms with van der Waals surface area (Å²) in [7, 11) is -2.46. The topological polar surface area (TPSA) is 29.1 Å². The standard InChI is InChI=1S/C33H30F6NOP.BrH/c1-23(2)18-27(40-31(41)24-19-25(32(34,35)36)21-26(20-24)33(37,38)39)22-42(28-12-6-3-7-13-28,29-14-8-4-9-15-29)30-16-10-5-11-17-30;/h3-17,19-21,23,27H,18,22H2,1-2H3;1H/t27-;/m0./s1. The van der Waals surface area contributed by atoms with E-state index in [2.05, 4.69) is 5.32 Å². The Balaban J connectivity index is 0.00000506. The van der Waals surface area contributed by atoms with Crippen molar-refractivity contribution in [2.24, 2.45) is 5.92 Å². The number of carbonyl (C=O) groups excluding carboxylic acids is 1. The Kier molecular flexibility index (Phi) is 11.2. The summed E-state index contributed by atoms with van der Waals surface area (Å²) in [6.45, 7) is 3.91. The van der Waals surface area contributed by atoms with Crippen LogP contribution in [0.5, 0.6) is 0 Å². The monoisotopic (exact) mass is 681 g/mol. The second-order valence-corrected chi connectivity index (χ2v) is 14.1. The molecule has 1 N–H and O–H groups in total. The predicted molar refractivity (Wildman–Crippen MR) is 157 cm³/mol. The third kappa shape index (κ3) is 8.27. The molecule has 0 aromatic heterocycles. The van der Waals surface area contributed by atoms with Crippen LogP contribution in [0.2, 0.25) is 0 Å². The summed E-state index contributed by atoms with van der Waals surface area (Å²) < 4.78 is 81.1. The molecule has 0 spiro atoms. The molecular formula is C33H31BrF6NOP. The Bertz CT molecular complexity index is 1350. The molecule has 0 aliphatic rings. The molecule has 2 nitrogen and oxygen atoms in total. The van der Waals surface area contributed by atoms with Gasteiger partial charge in [0.05, 0.1) is 23.3 Å². The maximum Gasteiger partial charge on any atom is 0.416 e. The Hall–Kier alpha value is -3.16. The van der Waals surface area contributed by atoms with Gasteiger partial charge in [-0.2, -0.15) is 26.3 Å². The van der Waals surface area contributed by atoms with Crippen molar-refractivity contribution in [2.75, 3.05) is 6.16 Å². The van der Waals surface area contributed by atoms with E-state index in [9.17, 15) is 31.1 Å². The molecule has 4 aromatic carbocycles. The quantitative estimate of drug-likeness (QED) is 0.198. The molecule has 0 radical (unpaired) electrons. The van der Waals surface area contributed by atoms with Crippen LogP contribution in [0.1, 0.15) is 41.8 Å². The summed E-state index contributed by atoms with van der Waals surface area (Å²) in [6, 6.07) is 30.0. The first kappa shape index (κ1) is 34.3. The van der Waals surface area contributed by atoms with Crippen LogP contribution in [0, 0.1) is 5.92 Å². The fourth-order valence-electron chi connectivity index (χ4n) is 5.24. The Morgan fingerprint density at radius 3 is 1.37 bits per heavy atom. The van der Waals surface area contributed by atoms with E-state index in [-0.39, 0.29) is 29.0 Å². The SMILES string of the molecule is CC(C)C[C@@H](C[P+](c1ccccc1)(c1ccccc1)c1ccccc1)NC(=O)c1cc(C(F)(F)F)cc(C(F)(F)F)c1.[Br-]. The average molecular weight is 682 g/mol. The lowest BCUT2D eigenvalue weighted by Gasteiger charge is -2.32. The third-order valence-corrected chi connectivity index (χ3v) is 11.6. The molecule has 0 saturated carbocycles. The summed E-state index contributed by atoms with van der Waals surface area (Å²) in [4.78, 5) is 13.5. The Morgan fingerprint density at radius 1 is 0.674 bits per heavy atom. The van der Waals surface area contributed by atoms with Crippen molar-refractivity contribution >= 4 is 29.1 Å². The summed E-state index contributed by atoms with van der Waals surface area (Å²) in [5.74, 6) is -0.906. The number of hydrogen-bond acceptors (Lipinski definition) is 1. The Labute approximate surface area is 258 Å². The van der Waals surface area contributed by atoms with Gasteiger partial charge in [-0.25, -0.2) is 0 Å². The van der Waals surface area contributed by atoms with Gasteiger partial charge in [0.15, 0.2) is 0 Å². The van der Waals surface area contributed by atoms with Gasteiger partial charge in [-0.3, -0.25) is 4.79 Å². The highest BCUT2D eigenvalue weighted by molar-refractivity contribution is 7.95. The summed E-state index contributed by atoms with van der Waals surface area (Å²) in [5, 5.41) is 5.98. The first-order chi connectivity index (χ1) is 19.8. The molecule has 1 amide bonds. The van der Waals surface area contributed by atoms with Crippen LogP contribution >= 0.6 is 7.26 Å². The minimum Gasteiger partial charge on any atom is -1.00 e. The van der Waals surface area contributed by atoms with Gasteiger partial charge >= 0.3 is 12.4 Å². The number of hydrogen-bond donors (Lipinski definition) is 1. The molecule has 0 unspecified atom stereocenters. The number of benzene rings is 4. The highest BCUT2D eigenvalue weighted by atomic mass is 79.9. The number of amides is 1. The molecule has 0 saturated heterocycles. The van der Waals surface area contributed by atoms with Crippen LogP contribution < -0.4 is 38.2 Å². The summed E-state index contributed by atoms with van der Waals surface area (Å²) in [6.07, 6.45) is -9.23. The zero-order valence-electron chi connectivity index (χ0n) is 23.5. The lowest BCUT2D eigenvalue weighted by Crippen LogP contribution is -3.00. The molecule has 0 aliphatic carbocycles. The van der Waals surface area contributed by atoms with Crippen molar-refractivity contribution in [1.29, 1.82) is 0 Å². The van der Waals surface area contributed by atoms with E-state index < -0.39 is 48.3 Å². The first-order valence-corrected chi connectivity index (χ1v) is 15.4. The van der Waals surface area contributed by atoms with E-state index in [1.165, 1.54) is 0 Å². The fraction of sp³-hybridized carbons (Fsp3) is 0.242. The molecule has 4 aromatic rings. The highest BCUT2D eigenvalue weighted by Crippen LogP contribution is 2.56. The molecule has 1 atom stereocenters. The molecule has 0 heterocycles. The number of rotatable bonds is 9. The number of alkyl halides is 6. The number of halogens is 7. The van der Waals surface area contributed by atoms with Gasteiger partial charge in [-0.15, -0.1) is 0 Å². The van der Waals surface area contributed by atoms with Crippen molar-refractivity contribution in [3.05, 3.63) is 126 Å². The maximum absolute atomic E-state index is 13.5. The molecule has 4 rings (SSSR count). The first-order valence-electron chi connectivity index (χ1n) is 13.5. The zero-order valence-corrected chi connectivity index (χ0v) is 25.9. The van der Waals surface area contributed by atoms with E-state index in [1.54, 1.807) is 0 Å². The molecular weight excluding hydrogens is 651 g/mol. The molecule has 0 fully saturated rings. The van der Waals surface area contributed by atoms with Crippen molar-refractivity contribution in [1.82, 2.24) is 5.32 Å². The molecule has 43 heavy (non-hydrogen) atoms. The van der Waals surface area contributed by atoms with Crippen LogP contribution in [0.15, 0.2) is 109 Å². The minimum absolute atomic E-state index is 0. The van der Waals surface area contributed by atoms with E-state index >= 15 is 0 Å². The Morgan fingerprint density at radius 2 is 1.05 bits per heavy atom. The van der Waals surface area contributed by atoms with E-state index in [0.717, 1.165) is 15.9 Å². The van der Waals surface area contributed by atoms with Crippen molar-refractivity contribution in [3.8, 4) is 0 Å². The van der Waals surface area contributed by atoms with Crippen LogP contribution in [0.25, 0.3) is 0 Å². The van der Waals surface area contributed by atoms with E-state index in [4.69, 9.17) is 0 Å². The van der Waals surface area contributed by atoms with Gasteiger partial charge in [0.2, 0.25) is 0 Å². The van der Waals surface area contributed by atoms with Gasteiger partial charge in [-0.05, 0) is 66.9 Å².